The van der Waals surface area contributed by atoms with Gasteiger partial charge < -0.3 is 14.7 Å². The van der Waals surface area contributed by atoms with Crippen molar-refractivity contribution in [3.05, 3.63) is 23.9 Å². The van der Waals surface area contributed by atoms with Gasteiger partial charge in [0.05, 0.1) is 13.2 Å². The predicted octanol–water partition coefficient (Wildman–Crippen LogP) is 0.661. The number of hydrogen-bond donors (Lipinski definition) is 1. The summed E-state index contributed by atoms with van der Waals surface area (Å²) >= 11 is 0. The summed E-state index contributed by atoms with van der Waals surface area (Å²) in [6, 6.07) is 3.73. The van der Waals surface area contributed by atoms with E-state index in [9.17, 15) is 9.90 Å². The Labute approximate surface area is 137 Å². The van der Waals surface area contributed by atoms with Crippen LogP contribution in [-0.2, 0) is 4.74 Å². The lowest BCUT2D eigenvalue weighted by Gasteiger charge is -2.30. The Kier molecular flexibility index (Phi) is 5.25. The second-order valence-electron chi connectivity index (χ2n) is 6.48. The number of anilines is 1. The minimum Gasteiger partial charge on any atom is -0.396 e. The van der Waals surface area contributed by atoms with E-state index in [-0.39, 0.29) is 18.3 Å². The number of rotatable bonds is 5. The maximum absolute atomic E-state index is 11.3. The molecule has 0 spiro atoms. The number of pyridine rings is 1. The summed E-state index contributed by atoms with van der Waals surface area (Å²) in [5, 5.41) is 9.71. The number of morpholine rings is 1. The molecular weight excluding hydrogens is 294 g/mol. The fraction of sp³-hybridized carbons (Fsp3) is 0.647. The molecule has 0 saturated carbocycles. The topological polar surface area (TPSA) is 65.9 Å². The number of aromatic nitrogens is 1. The van der Waals surface area contributed by atoms with Crippen molar-refractivity contribution in [1.29, 1.82) is 0 Å². The van der Waals surface area contributed by atoms with Crippen LogP contribution in [0, 0.1) is 11.8 Å². The molecule has 6 heteroatoms. The van der Waals surface area contributed by atoms with E-state index < -0.39 is 0 Å². The molecule has 0 amide bonds. The molecule has 3 rings (SSSR count). The number of carbonyl (C=O) groups is 1. The van der Waals surface area contributed by atoms with E-state index in [1.807, 2.05) is 12.1 Å². The average Bonchev–Trinajstić information content (AvgIpc) is 2.99. The van der Waals surface area contributed by atoms with E-state index in [0.29, 0.717) is 11.5 Å². The molecule has 1 aromatic heterocycles. The molecule has 0 bridgehead atoms. The second kappa shape index (κ2) is 7.38. The highest BCUT2D eigenvalue weighted by atomic mass is 16.5. The third kappa shape index (κ3) is 3.88. The number of hydrogen-bond acceptors (Lipinski definition) is 6. The van der Waals surface area contributed by atoms with Gasteiger partial charge in [0.15, 0.2) is 5.78 Å². The highest BCUT2D eigenvalue weighted by Gasteiger charge is 2.34. The first-order valence-corrected chi connectivity index (χ1v) is 8.30. The smallest absolute Gasteiger partial charge is 0.161 e. The van der Waals surface area contributed by atoms with Crippen molar-refractivity contribution in [3.8, 4) is 0 Å². The Balaban J connectivity index is 1.64. The van der Waals surface area contributed by atoms with E-state index in [2.05, 4.69) is 14.8 Å². The average molecular weight is 319 g/mol. The van der Waals surface area contributed by atoms with Gasteiger partial charge in [-0.05, 0) is 25.0 Å². The van der Waals surface area contributed by atoms with E-state index in [1.54, 1.807) is 13.1 Å². The lowest BCUT2D eigenvalue weighted by atomic mass is 9.96. The van der Waals surface area contributed by atoms with Gasteiger partial charge in [-0.3, -0.25) is 9.69 Å². The van der Waals surface area contributed by atoms with Crippen LogP contribution < -0.4 is 4.90 Å². The normalized spacial score (nSPS) is 25.7. The summed E-state index contributed by atoms with van der Waals surface area (Å²) in [5.41, 5.74) is 0.636. The van der Waals surface area contributed by atoms with Crippen LogP contribution in [0.25, 0.3) is 0 Å². The van der Waals surface area contributed by atoms with Gasteiger partial charge in [-0.15, -0.1) is 0 Å². The highest BCUT2D eigenvalue weighted by molar-refractivity contribution is 5.93. The van der Waals surface area contributed by atoms with Crippen molar-refractivity contribution < 1.29 is 14.6 Å². The van der Waals surface area contributed by atoms with Crippen LogP contribution in [0.1, 0.15) is 17.3 Å². The number of Topliss-reactive ketones (excluding diaryl/α,β-unsaturated/α-hetero) is 1. The van der Waals surface area contributed by atoms with Gasteiger partial charge in [0, 0.05) is 57.0 Å². The number of aliphatic hydroxyl groups excluding tert-OH is 1. The molecule has 23 heavy (non-hydrogen) atoms. The molecule has 2 fully saturated rings. The van der Waals surface area contributed by atoms with Crippen molar-refractivity contribution in [3.63, 3.8) is 0 Å². The lowest BCUT2D eigenvalue weighted by molar-refractivity contribution is 0.0268. The molecule has 2 saturated heterocycles. The van der Waals surface area contributed by atoms with Crippen molar-refractivity contribution >= 4 is 11.6 Å². The van der Waals surface area contributed by atoms with Crippen LogP contribution in [0.15, 0.2) is 18.3 Å². The Morgan fingerprint density at radius 1 is 1.30 bits per heavy atom. The molecule has 1 aromatic rings. The monoisotopic (exact) mass is 319 g/mol. The number of aliphatic hydroxyl groups is 1. The third-order valence-corrected chi connectivity index (χ3v) is 4.89. The minimum absolute atomic E-state index is 0.0314. The van der Waals surface area contributed by atoms with E-state index in [0.717, 1.165) is 51.8 Å². The third-order valence-electron chi connectivity index (χ3n) is 4.89. The first kappa shape index (κ1) is 16.4. The lowest BCUT2D eigenvalue weighted by Crippen LogP contribution is -2.41. The molecule has 1 N–H and O–H groups in total. The zero-order valence-corrected chi connectivity index (χ0v) is 13.6. The summed E-state index contributed by atoms with van der Waals surface area (Å²) in [6.45, 7) is 8.01. The number of ether oxygens (including phenoxy) is 1. The fourth-order valence-electron chi connectivity index (χ4n) is 3.44. The Morgan fingerprint density at radius 3 is 2.65 bits per heavy atom. The van der Waals surface area contributed by atoms with Gasteiger partial charge in [-0.1, -0.05) is 0 Å². The van der Waals surface area contributed by atoms with Gasteiger partial charge in [0.1, 0.15) is 5.82 Å². The number of ketones is 1. The van der Waals surface area contributed by atoms with Crippen molar-refractivity contribution in [1.82, 2.24) is 9.88 Å². The molecule has 2 atom stereocenters. The quantitative estimate of drug-likeness (QED) is 0.805. The van der Waals surface area contributed by atoms with Gasteiger partial charge >= 0.3 is 0 Å². The maximum Gasteiger partial charge on any atom is 0.161 e. The summed E-state index contributed by atoms with van der Waals surface area (Å²) < 4.78 is 5.40. The van der Waals surface area contributed by atoms with Crippen molar-refractivity contribution in [2.75, 3.05) is 57.4 Å². The van der Waals surface area contributed by atoms with Gasteiger partial charge in [-0.2, -0.15) is 0 Å². The van der Waals surface area contributed by atoms with Crippen molar-refractivity contribution in [2.24, 2.45) is 11.8 Å². The SMILES string of the molecule is CC(=O)c1ccc(N2CC(CO)C(CN3CCOCC3)C2)nc1. The van der Waals surface area contributed by atoms with Crippen LogP contribution in [0.5, 0.6) is 0 Å². The summed E-state index contributed by atoms with van der Waals surface area (Å²) in [6.07, 6.45) is 1.64. The first-order valence-electron chi connectivity index (χ1n) is 8.30. The number of carbonyl (C=O) groups excluding carboxylic acids is 1. The van der Waals surface area contributed by atoms with E-state index in [1.165, 1.54) is 0 Å². The summed E-state index contributed by atoms with van der Waals surface area (Å²) in [5.74, 6) is 1.63. The van der Waals surface area contributed by atoms with Crippen LogP contribution in [0.2, 0.25) is 0 Å². The molecule has 2 aliphatic heterocycles. The molecular formula is C17H25N3O3. The van der Waals surface area contributed by atoms with Gasteiger partial charge in [-0.25, -0.2) is 4.98 Å². The van der Waals surface area contributed by atoms with Gasteiger partial charge in [0.25, 0.3) is 0 Å². The minimum atomic E-state index is 0.0314. The zero-order chi connectivity index (χ0) is 16.2. The van der Waals surface area contributed by atoms with Crippen molar-refractivity contribution in [2.45, 2.75) is 6.92 Å². The van der Waals surface area contributed by atoms with E-state index >= 15 is 0 Å². The molecule has 6 nitrogen and oxygen atoms in total. The Bertz CT molecular complexity index is 528. The van der Waals surface area contributed by atoms with Gasteiger partial charge in [0.2, 0.25) is 0 Å². The molecule has 0 radical (unpaired) electrons. The Hall–Kier alpha value is -1.50. The standard InChI is InChI=1S/C17H25N3O3/c1-13(22)14-2-3-17(18-8-14)20-10-15(16(11-20)12-21)9-19-4-6-23-7-5-19/h2-3,8,15-16,21H,4-7,9-12H2,1H3. The van der Waals surface area contributed by atoms with E-state index in [4.69, 9.17) is 4.74 Å². The first-order chi connectivity index (χ1) is 11.2. The maximum atomic E-state index is 11.3. The second-order valence-corrected chi connectivity index (χ2v) is 6.48. The zero-order valence-electron chi connectivity index (χ0n) is 13.6. The number of nitrogens with zero attached hydrogens (tertiary/aromatic N) is 3. The molecule has 2 aliphatic rings. The summed E-state index contributed by atoms with van der Waals surface area (Å²) in [7, 11) is 0. The molecule has 126 valence electrons. The highest BCUT2D eigenvalue weighted by Crippen LogP contribution is 2.28. The summed E-state index contributed by atoms with van der Waals surface area (Å²) in [4.78, 5) is 20.4. The van der Waals surface area contributed by atoms with Crippen LogP contribution in [0.3, 0.4) is 0 Å². The fourth-order valence-corrected chi connectivity index (χ4v) is 3.44. The molecule has 2 unspecified atom stereocenters. The molecule has 3 heterocycles. The predicted molar refractivity (Wildman–Crippen MR) is 87.8 cm³/mol. The largest absolute Gasteiger partial charge is 0.396 e. The molecule has 0 aliphatic carbocycles. The van der Waals surface area contributed by atoms with Crippen LogP contribution in [-0.4, -0.2) is 73.3 Å². The molecule has 0 aromatic carbocycles. The van der Waals surface area contributed by atoms with Crippen LogP contribution in [0.4, 0.5) is 5.82 Å². The Morgan fingerprint density at radius 2 is 2.04 bits per heavy atom. The van der Waals surface area contributed by atoms with Crippen LogP contribution >= 0.6 is 0 Å².